The Morgan fingerprint density at radius 1 is 1.30 bits per heavy atom. The van der Waals surface area contributed by atoms with Gasteiger partial charge in [-0.15, -0.1) is 0 Å². The van der Waals surface area contributed by atoms with Crippen molar-refractivity contribution in [2.24, 2.45) is 5.10 Å². The average molecular weight is 436 g/mol. The number of aromatic hydroxyl groups is 1. The molecule has 1 aliphatic heterocycles. The van der Waals surface area contributed by atoms with Gasteiger partial charge in [-0.2, -0.15) is 9.41 Å². The van der Waals surface area contributed by atoms with Crippen LogP contribution in [0.25, 0.3) is 0 Å². The Morgan fingerprint density at radius 3 is 2.70 bits per heavy atom. The number of anilines is 1. The van der Waals surface area contributed by atoms with E-state index >= 15 is 0 Å². The molecule has 2 aromatic carbocycles. The molecule has 1 fully saturated rings. The highest BCUT2D eigenvalue weighted by Crippen LogP contribution is 2.30. The summed E-state index contributed by atoms with van der Waals surface area (Å²) in [7, 11) is -2.47. The zero-order valence-electron chi connectivity index (χ0n) is 16.0. The van der Waals surface area contributed by atoms with Gasteiger partial charge in [0.15, 0.2) is 11.5 Å². The molecule has 0 spiro atoms. The largest absolute Gasteiger partial charge is 0.504 e. The Kier molecular flexibility index (Phi) is 6.50. The summed E-state index contributed by atoms with van der Waals surface area (Å²) in [5, 5.41) is 25.4. The molecule has 0 aliphatic carbocycles. The van der Waals surface area contributed by atoms with Crippen LogP contribution in [0.15, 0.2) is 46.4 Å². The highest BCUT2D eigenvalue weighted by Gasteiger charge is 2.28. The van der Waals surface area contributed by atoms with Crippen molar-refractivity contribution in [3.8, 4) is 11.5 Å². The summed E-state index contributed by atoms with van der Waals surface area (Å²) in [6.45, 7) is 0.911. The van der Waals surface area contributed by atoms with E-state index in [-0.39, 0.29) is 48.4 Å². The standard InChI is InChI=1S/C18H20N4O7S/c1-28-17-4-2-3-13(18(17)23)12-19-20-15-6-5-14(11-16(15)22(24)25)30(26,27)21-7-9-29-10-8-21/h2-6,11-12,20,23H,7-10H2,1H3/b19-12+. The number of hydrazone groups is 1. The summed E-state index contributed by atoms with van der Waals surface area (Å²) >= 11 is 0. The third-order valence-electron chi connectivity index (χ3n) is 4.41. The van der Waals surface area contributed by atoms with E-state index in [0.29, 0.717) is 5.56 Å². The number of para-hydroxylation sites is 1. The molecule has 3 rings (SSSR count). The predicted molar refractivity (Wildman–Crippen MR) is 109 cm³/mol. The number of nitro benzene ring substituents is 1. The second-order valence-corrected chi connectivity index (χ2v) is 8.16. The third-order valence-corrected chi connectivity index (χ3v) is 6.31. The Balaban J connectivity index is 1.85. The summed E-state index contributed by atoms with van der Waals surface area (Å²) in [5.41, 5.74) is 2.39. The molecule has 11 nitrogen and oxygen atoms in total. The maximum absolute atomic E-state index is 12.7. The van der Waals surface area contributed by atoms with Gasteiger partial charge in [-0.3, -0.25) is 15.5 Å². The first-order chi connectivity index (χ1) is 14.3. The second-order valence-electron chi connectivity index (χ2n) is 6.22. The summed E-state index contributed by atoms with van der Waals surface area (Å²) in [5.74, 6) is 0.120. The number of hydrogen-bond donors (Lipinski definition) is 2. The highest BCUT2D eigenvalue weighted by atomic mass is 32.2. The topological polar surface area (TPSA) is 144 Å². The van der Waals surface area contributed by atoms with Gasteiger partial charge in [0.05, 0.1) is 36.4 Å². The molecule has 0 radical (unpaired) electrons. The smallest absolute Gasteiger partial charge is 0.295 e. The van der Waals surface area contributed by atoms with Gasteiger partial charge in [0.25, 0.3) is 5.69 Å². The van der Waals surface area contributed by atoms with E-state index in [2.05, 4.69) is 10.5 Å². The molecule has 2 N–H and O–H groups in total. The number of morpholine rings is 1. The monoisotopic (exact) mass is 436 g/mol. The van der Waals surface area contributed by atoms with E-state index < -0.39 is 20.6 Å². The lowest BCUT2D eigenvalue weighted by atomic mass is 10.2. The summed E-state index contributed by atoms with van der Waals surface area (Å²) < 4.78 is 36.8. The summed E-state index contributed by atoms with van der Waals surface area (Å²) in [4.78, 5) is 10.6. The zero-order chi connectivity index (χ0) is 21.7. The lowest BCUT2D eigenvalue weighted by Gasteiger charge is -2.26. The molecule has 0 aromatic heterocycles. The molecule has 1 heterocycles. The Bertz CT molecular complexity index is 1070. The third kappa shape index (κ3) is 4.50. The van der Waals surface area contributed by atoms with Crippen molar-refractivity contribution in [1.29, 1.82) is 0 Å². The van der Waals surface area contributed by atoms with Crippen LogP contribution >= 0.6 is 0 Å². The quantitative estimate of drug-likeness (QED) is 0.380. The van der Waals surface area contributed by atoms with Crippen molar-refractivity contribution in [1.82, 2.24) is 4.31 Å². The SMILES string of the molecule is COc1cccc(/C=N/Nc2ccc(S(=O)(=O)N3CCOCC3)cc2[N+](=O)[O-])c1O. The number of phenolic OH excluding ortho intramolecular Hbond substituents is 1. The van der Waals surface area contributed by atoms with E-state index in [1.807, 2.05) is 0 Å². The molecule has 0 unspecified atom stereocenters. The lowest BCUT2D eigenvalue weighted by Crippen LogP contribution is -2.40. The molecular formula is C18H20N4O7S. The summed E-state index contributed by atoms with van der Waals surface area (Å²) in [6.07, 6.45) is 1.26. The Hall–Kier alpha value is -3.22. The number of nitro groups is 1. The number of hydrogen-bond acceptors (Lipinski definition) is 9. The average Bonchev–Trinajstić information content (AvgIpc) is 2.75. The number of phenols is 1. The Labute approximate surface area is 172 Å². The van der Waals surface area contributed by atoms with Crippen LogP contribution in [0, 0.1) is 10.1 Å². The van der Waals surface area contributed by atoms with Gasteiger partial charge in [0.1, 0.15) is 5.69 Å². The van der Waals surface area contributed by atoms with Crippen LogP contribution in [-0.2, 0) is 14.8 Å². The minimum atomic E-state index is -3.88. The minimum Gasteiger partial charge on any atom is -0.504 e. The number of rotatable bonds is 7. The van der Waals surface area contributed by atoms with Crippen molar-refractivity contribution in [2.45, 2.75) is 4.90 Å². The van der Waals surface area contributed by atoms with Crippen molar-refractivity contribution < 1.29 is 27.9 Å². The van der Waals surface area contributed by atoms with Crippen LogP contribution in [0.5, 0.6) is 11.5 Å². The molecular weight excluding hydrogens is 416 g/mol. The summed E-state index contributed by atoms with van der Waals surface area (Å²) in [6, 6.07) is 8.33. The van der Waals surface area contributed by atoms with E-state index in [0.717, 1.165) is 6.07 Å². The predicted octanol–water partition coefficient (Wildman–Crippen LogP) is 1.78. The van der Waals surface area contributed by atoms with Crippen molar-refractivity contribution in [3.63, 3.8) is 0 Å². The van der Waals surface area contributed by atoms with Crippen LogP contribution < -0.4 is 10.2 Å². The van der Waals surface area contributed by atoms with E-state index in [1.165, 1.54) is 29.8 Å². The fourth-order valence-corrected chi connectivity index (χ4v) is 4.26. The van der Waals surface area contributed by atoms with Crippen LogP contribution in [0.3, 0.4) is 0 Å². The molecule has 0 atom stereocenters. The van der Waals surface area contributed by atoms with E-state index in [1.54, 1.807) is 18.2 Å². The molecule has 1 saturated heterocycles. The molecule has 0 amide bonds. The van der Waals surface area contributed by atoms with Gasteiger partial charge in [-0.05, 0) is 24.3 Å². The maximum atomic E-state index is 12.7. The fraction of sp³-hybridized carbons (Fsp3) is 0.278. The number of nitrogens with zero attached hydrogens (tertiary/aromatic N) is 3. The van der Waals surface area contributed by atoms with Crippen LogP contribution in [-0.4, -0.2) is 62.4 Å². The van der Waals surface area contributed by atoms with Gasteiger partial charge >= 0.3 is 0 Å². The first-order valence-corrected chi connectivity index (χ1v) is 10.3. The van der Waals surface area contributed by atoms with Gasteiger partial charge in [0.2, 0.25) is 10.0 Å². The van der Waals surface area contributed by atoms with Crippen LogP contribution in [0.2, 0.25) is 0 Å². The van der Waals surface area contributed by atoms with Crippen molar-refractivity contribution in [2.75, 3.05) is 38.8 Å². The van der Waals surface area contributed by atoms with Gasteiger partial charge in [-0.25, -0.2) is 8.42 Å². The minimum absolute atomic E-state index is 0.000404. The molecule has 2 aromatic rings. The number of sulfonamides is 1. The second kappa shape index (κ2) is 9.07. The molecule has 12 heteroatoms. The molecule has 1 aliphatic rings. The normalized spacial score (nSPS) is 15.2. The molecule has 30 heavy (non-hydrogen) atoms. The fourth-order valence-electron chi connectivity index (χ4n) is 2.83. The zero-order valence-corrected chi connectivity index (χ0v) is 16.8. The van der Waals surface area contributed by atoms with Crippen LogP contribution in [0.4, 0.5) is 11.4 Å². The number of nitrogens with one attached hydrogen (secondary N) is 1. The highest BCUT2D eigenvalue weighted by molar-refractivity contribution is 7.89. The van der Waals surface area contributed by atoms with E-state index in [9.17, 15) is 23.6 Å². The van der Waals surface area contributed by atoms with Crippen LogP contribution in [0.1, 0.15) is 5.56 Å². The number of benzene rings is 2. The van der Waals surface area contributed by atoms with Gasteiger partial charge in [0, 0.05) is 24.7 Å². The van der Waals surface area contributed by atoms with Gasteiger partial charge < -0.3 is 14.6 Å². The molecule has 160 valence electrons. The maximum Gasteiger partial charge on any atom is 0.295 e. The van der Waals surface area contributed by atoms with Crippen molar-refractivity contribution in [3.05, 3.63) is 52.1 Å². The van der Waals surface area contributed by atoms with Gasteiger partial charge in [-0.1, -0.05) is 6.07 Å². The lowest BCUT2D eigenvalue weighted by molar-refractivity contribution is -0.384. The first kappa shape index (κ1) is 21.5. The van der Waals surface area contributed by atoms with Crippen molar-refractivity contribution >= 4 is 27.6 Å². The first-order valence-electron chi connectivity index (χ1n) is 8.86. The number of ether oxygens (including phenoxy) is 2. The molecule has 0 bridgehead atoms. The number of methoxy groups -OCH3 is 1. The molecule has 0 saturated carbocycles. The van der Waals surface area contributed by atoms with E-state index in [4.69, 9.17) is 9.47 Å². The Morgan fingerprint density at radius 2 is 2.03 bits per heavy atom.